The molecule has 254 valence electrons. The SMILES string of the molecule is FC(F)(F)c1ccccc1C[P+](CC[P+](Cc1ccccc1C(F)(F)F)(c1ccccc1)c1ccccc1)(c1ccccc1)c1ccccc1. The van der Waals surface area contributed by atoms with Crippen LogP contribution >= 0.6 is 14.5 Å². The third-order valence-corrected chi connectivity index (χ3v) is 18.6. The van der Waals surface area contributed by atoms with Crippen molar-refractivity contribution < 1.29 is 26.3 Å². The lowest BCUT2D eigenvalue weighted by atomic mass is 10.1. The minimum absolute atomic E-state index is 0.152. The van der Waals surface area contributed by atoms with Crippen LogP contribution in [-0.4, -0.2) is 12.3 Å². The highest BCUT2D eigenvalue weighted by Crippen LogP contribution is 2.67. The van der Waals surface area contributed by atoms with E-state index >= 15 is 0 Å². The van der Waals surface area contributed by atoms with Crippen molar-refractivity contribution in [1.29, 1.82) is 0 Å². The highest BCUT2D eigenvalue weighted by molar-refractivity contribution is 7.92. The van der Waals surface area contributed by atoms with E-state index < -0.39 is 38.0 Å². The van der Waals surface area contributed by atoms with E-state index in [0.29, 0.717) is 12.3 Å². The number of halogens is 6. The first-order chi connectivity index (χ1) is 24.0. The van der Waals surface area contributed by atoms with Crippen molar-refractivity contribution in [3.05, 3.63) is 192 Å². The van der Waals surface area contributed by atoms with E-state index in [1.54, 1.807) is 24.3 Å². The molecule has 0 atom stereocenters. The van der Waals surface area contributed by atoms with Crippen LogP contribution in [0.25, 0.3) is 0 Å². The van der Waals surface area contributed by atoms with Crippen LogP contribution in [0.15, 0.2) is 170 Å². The van der Waals surface area contributed by atoms with Crippen LogP contribution in [0.2, 0.25) is 0 Å². The molecule has 0 amide bonds. The highest BCUT2D eigenvalue weighted by atomic mass is 31.2. The molecule has 0 fully saturated rings. The summed E-state index contributed by atoms with van der Waals surface area (Å²) in [6.45, 7) is 0. The molecule has 0 saturated heterocycles. The topological polar surface area (TPSA) is 0 Å². The predicted molar refractivity (Wildman–Crippen MR) is 198 cm³/mol. The van der Waals surface area contributed by atoms with Crippen molar-refractivity contribution in [2.75, 3.05) is 12.3 Å². The molecule has 50 heavy (non-hydrogen) atoms. The van der Waals surface area contributed by atoms with E-state index in [-0.39, 0.29) is 23.5 Å². The molecule has 0 radical (unpaired) electrons. The molecule has 0 N–H and O–H groups in total. The Bertz CT molecular complexity index is 1750. The van der Waals surface area contributed by atoms with Crippen molar-refractivity contribution in [1.82, 2.24) is 0 Å². The van der Waals surface area contributed by atoms with Gasteiger partial charge in [-0.2, -0.15) is 26.3 Å². The Kier molecular flexibility index (Phi) is 10.6. The molecule has 6 aromatic carbocycles. The van der Waals surface area contributed by atoms with Crippen molar-refractivity contribution >= 4 is 35.7 Å². The molecule has 8 heteroatoms. The number of hydrogen-bond donors (Lipinski definition) is 0. The van der Waals surface area contributed by atoms with Gasteiger partial charge in [-0.05, 0) is 60.7 Å². The summed E-state index contributed by atoms with van der Waals surface area (Å²) in [7, 11) is -5.40. The lowest BCUT2D eigenvalue weighted by Crippen LogP contribution is -2.33. The summed E-state index contributed by atoms with van der Waals surface area (Å²) in [6, 6.07) is 50.5. The Balaban J connectivity index is 1.60. The first kappa shape index (κ1) is 35.6. The number of hydrogen-bond acceptors (Lipinski definition) is 0. The lowest BCUT2D eigenvalue weighted by Gasteiger charge is -2.33. The normalized spacial score (nSPS) is 12.5. The van der Waals surface area contributed by atoms with Crippen LogP contribution in [0.5, 0.6) is 0 Å². The molecule has 0 bridgehead atoms. The summed E-state index contributed by atoms with van der Waals surface area (Å²) in [5.74, 6) is 0. The molecule has 0 aromatic heterocycles. The largest absolute Gasteiger partial charge is 0.416 e. The minimum Gasteiger partial charge on any atom is -0.166 e. The van der Waals surface area contributed by atoms with Crippen molar-refractivity contribution in [3.63, 3.8) is 0 Å². The van der Waals surface area contributed by atoms with Gasteiger partial charge in [-0.15, -0.1) is 0 Å². The van der Waals surface area contributed by atoms with Crippen LogP contribution in [-0.2, 0) is 24.7 Å². The molecule has 0 aliphatic carbocycles. The number of benzene rings is 6. The van der Waals surface area contributed by atoms with Crippen LogP contribution in [0, 0.1) is 0 Å². The quantitative estimate of drug-likeness (QED) is 0.0925. The van der Waals surface area contributed by atoms with Gasteiger partial charge in [0.05, 0.1) is 59.2 Å². The summed E-state index contributed by atoms with van der Waals surface area (Å²) >= 11 is 0. The second-order valence-electron chi connectivity index (χ2n) is 12.4. The highest BCUT2D eigenvalue weighted by Gasteiger charge is 2.52. The molecule has 0 aliphatic heterocycles. The van der Waals surface area contributed by atoms with Crippen molar-refractivity contribution in [2.45, 2.75) is 24.7 Å². The van der Waals surface area contributed by atoms with Crippen LogP contribution in [0.3, 0.4) is 0 Å². The Morgan fingerprint density at radius 1 is 0.320 bits per heavy atom. The molecule has 6 aromatic rings. The molecule has 0 unspecified atom stereocenters. The van der Waals surface area contributed by atoms with E-state index in [4.69, 9.17) is 0 Å². The van der Waals surface area contributed by atoms with Gasteiger partial charge in [0.2, 0.25) is 0 Å². The average molecular weight is 717 g/mol. The van der Waals surface area contributed by atoms with Gasteiger partial charge in [0, 0.05) is 11.1 Å². The van der Waals surface area contributed by atoms with Gasteiger partial charge in [-0.25, -0.2) is 0 Å². The Labute approximate surface area is 290 Å². The van der Waals surface area contributed by atoms with Gasteiger partial charge < -0.3 is 0 Å². The lowest BCUT2D eigenvalue weighted by molar-refractivity contribution is -0.138. The fourth-order valence-electron chi connectivity index (χ4n) is 6.98. The van der Waals surface area contributed by atoms with Gasteiger partial charge in [-0.3, -0.25) is 0 Å². The number of alkyl halides is 6. The van der Waals surface area contributed by atoms with Gasteiger partial charge >= 0.3 is 12.4 Å². The van der Waals surface area contributed by atoms with Gasteiger partial charge in [0.15, 0.2) is 0 Å². The van der Waals surface area contributed by atoms with E-state index in [1.165, 1.54) is 12.1 Å². The second kappa shape index (κ2) is 14.9. The van der Waals surface area contributed by atoms with Crippen molar-refractivity contribution in [3.8, 4) is 0 Å². The van der Waals surface area contributed by atoms with Crippen LogP contribution < -0.4 is 21.2 Å². The molecule has 6 rings (SSSR count). The zero-order valence-electron chi connectivity index (χ0n) is 27.2. The maximum absolute atomic E-state index is 14.5. The fraction of sp³-hybridized carbons (Fsp3) is 0.143. The standard InChI is InChI=1S/C42H36F6P2/c43-41(44,45)39-27-15-13-17-33(39)31-49(35-19-5-1-6-20-35,36-21-7-2-8-22-36)29-30-50(37-23-9-3-10-24-37,38-25-11-4-12-26-38)32-34-18-14-16-28-40(34)42(46,47)48/h1-28H,29-32H2/q+2. The molecule has 0 saturated carbocycles. The van der Waals surface area contributed by atoms with Gasteiger partial charge in [-0.1, -0.05) is 109 Å². The third kappa shape index (κ3) is 7.58. The summed E-state index contributed by atoms with van der Waals surface area (Å²) < 4.78 is 87.3. The molecule has 0 heterocycles. The maximum Gasteiger partial charge on any atom is 0.416 e. The smallest absolute Gasteiger partial charge is 0.166 e. The van der Waals surface area contributed by atoms with Crippen LogP contribution in [0.4, 0.5) is 26.3 Å². The molecule has 0 spiro atoms. The number of rotatable bonds is 11. The molecular weight excluding hydrogens is 680 g/mol. The maximum atomic E-state index is 14.5. The van der Waals surface area contributed by atoms with Crippen LogP contribution in [0.1, 0.15) is 22.3 Å². The first-order valence-corrected chi connectivity index (χ1v) is 20.6. The molecular formula is C42H36F6P2+2. The van der Waals surface area contributed by atoms with E-state index in [9.17, 15) is 26.3 Å². The Morgan fingerprint density at radius 3 is 0.820 bits per heavy atom. The summed E-state index contributed by atoms with van der Waals surface area (Å²) in [4.78, 5) is 0. The van der Waals surface area contributed by atoms with E-state index in [1.807, 2.05) is 121 Å². The van der Waals surface area contributed by atoms with Gasteiger partial charge in [0.1, 0.15) is 12.3 Å². The zero-order chi connectivity index (χ0) is 35.2. The fourth-order valence-corrected chi connectivity index (χ4v) is 17.1. The third-order valence-electron chi connectivity index (χ3n) is 9.39. The summed E-state index contributed by atoms with van der Waals surface area (Å²) in [6.07, 6.45) is -7.83. The van der Waals surface area contributed by atoms with E-state index in [2.05, 4.69) is 0 Å². The Morgan fingerprint density at radius 2 is 0.560 bits per heavy atom. The van der Waals surface area contributed by atoms with E-state index in [0.717, 1.165) is 33.4 Å². The summed E-state index contributed by atoms with van der Waals surface area (Å²) in [5, 5.41) is 3.83. The average Bonchev–Trinajstić information content (AvgIpc) is 3.14. The predicted octanol–water partition coefficient (Wildman–Crippen LogP) is 10.8. The minimum atomic E-state index is -4.55. The Hall–Kier alpha value is -4.24. The first-order valence-electron chi connectivity index (χ1n) is 16.3. The van der Waals surface area contributed by atoms with Crippen molar-refractivity contribution in [2.24, 2.45) is 0 Å². The molecule has 0 nitrogen and oxygen atoms in total. The van der Waals surface area contributed by atoms with Gasteiger partial charge in [0.25, 0.3) is 0 Å². The zero-order valence-corrected chi connectivity index (χ0v) is 28.9. The molecule has 0 aliphatic rings. The second-order valence-corrected chi connectivity index (χ2v) is 19.8. The monoisotopic (exact) mass is 716 g/mol. The summed E-state index contributed by atoms with van der Waals surface area (Å²) in [5.41, 5.74) is -0.899.